The van der Waals surface area contributed by atoms with E-state index in [-0.39, 0.29) is 24.0 Å². The first kappa shape index (κ1) is 22.4. The Hall–Kier alpha value is -1.87. The number of benzene rings is 1. The Labute approximate surface area is 184 Å². The van der Waals surface area contributed by atoms with Gasteiger partial charge in [0.05, 0.1) is 6.61 Å². The van der Waals surface area contributed by atoms with E-state index in [1.165, 1.54) is 0 Å². The summed E-state index contributed by atoms with van der Waals surface area (Å²) in [5.74, 6) is 2.13. The molecule has 1 fully saturated rings. The first-order valence-electron chi connectivity index (χ1n) is 9.35. The van der Waals surface area contributed by atoms with Gasteiger partial charge in [0.1, 0.15) is 6.61 Å². The molecule has 1 aromatic heterocycles. The summed E-state index contributed by atoms with van der Waals surface area (Å²) >= 11 is 0. The number of methoxy groups -OCH3 is 1. The molecule has 3 rings (SSSR count). The van der Waals surface area contributed by atoms with Crippen LogP contribution in [0, 0.1) is 5.92 Å². The molecular weight excluding hydrogens is 467 g/mol. The Bertz CT molecular complexity index is 742. The van der Waals surface area contributed by atoms with Gasteiger partial charge >= 0.3 is 0 Å². The normalized spacial score (nSPS) is 16.6. The van der Waals surface area contributed by atoms with Crippen molar-refractivity contribution in [2.45, 2.75) is 19.6 Å². The second kappa shape index (κ2) is 11.9. The third-order valence-corrected chi connectivity index (χ3v) is 4.70. The van der Waals surface area contributed by atoms with Gasteiger partial charge < -0.3 is 19.7 Å². The number of likely N-dealkylation sites (tertiary alicyclic amines) is 1. The number of hydrogen-bond donors (Lipinski definition) is 1. The molecule has 1 atom stereocenters. The third-order valence-electron chi connectivity index (χ3n) is 4.70. The summed E-state index contributed by atoms with van der Waals surface area (Å²) in [7, 11) is 3.58. The number of guanidine groups is 1. The fourth-order valence-electron chi connectivity index (χ4n) is 3.32. The predicted octanol–water partition coefficient (Wildman–Crippen LogP) is 3.32. The van der Waals surface area contributed by atoms with Crippen LogP contribution in [0.3, 0.4) is 0 Å². The van der Waals surface area contributed by atoms with Crippen LogP contribution in [0.25, 0.3) is 0 Å². The minimum absolute atomic E-state index is 0. The molecule has 1 saturated heterocycles. The molecule has 1 aliphatic heterocycles. The number of aliphatic imine (C=N–C) groups is 1. The molecule has 28 heavy (non-hydrogen) atoms. The number of rotatable bonds is 7. The van der Waals surface area contributed by atoms with E-state index >= 15 is 0 Å². The van der Waals surface area contributed by atoms with Crippen LogP contribution in [0.2, 0.25) is 0 Å². The molecule has 0 saturated carbocycles. The Morgan fingerprint density at radius 1 is 1.25 bits per heavy atom. The van der Waals surface area contributed by atoms with Gasteiger partial charge in [0, 0.05) is 51.5 Å². The average Bonchev–Trinajstić information content (AvgIpc) is 3.17. The molecule has 1 N–H and O–H groups in total. The zero-order chi connectivity index (χ0) is 18.9. The first-order chi connectivity index (χ1) is 13.3. The smallest absolute Gasteiger partial charge is 0.218 e. The van der Waals surface area contributed by atoms with Crippen LogP contribution in [0.15, 0.2) is 53.7 Å². The van der Waals surface area contributed by atoms with Crippen molar-refractivity contribution in [3.63, 3.8) is 0 Å². The van der Waals surface area contributed by atoms with E-state index < -0.39 is 0 Å². The number of aromatic nitrogens is 1. The van der Waals surface area contributed by atoms with Crippen molar-refractivity contribution in [1.29, 1.82) is 0 Å². The van der Waals surface area contributed by atoms with Crippen molar-refractivity contribution >= 4 is 29.9 Å². The van der Waals surface area contributed by atoms with Crippen LogP contribution >= 0.6 is 24.0 Å². The number of pyridine rings is 1. The number of ether oxygens (including phenoxy) is 2. The minimum atomic E-state index is 0. The van der Waals surface area contributed by atoms with Crippen molar-refractivity contribution in [3.05, 3.63) is 59.8 Å². The van der Waals surface area contributed by atoms with Crippen molar-refractivity contribution in [2.75, 3.05) is 33.9 Å². The molecule has 1 unspecified atom stereocenters. The van der Waals surface area contributed by atoms with Crippen molar-refractivity contribution in [1.82, 2.24) is 15.2 Å². The molecule has 1 aromatic carbocycles. The van der Waals surface area contributed by atoms with Crippen LogP contribution in [0.1, 0.15) is 17.5 Å². The molecule has 0 bridgehead atoms. The molecule has 0 spiro atoms. The fraction of sp³-hybridized carbons (Fsp3) is 0.429. The van der Waals surface area contributed by atoms with Gasteiger partial charge in [-0.05, 0) is 18.1 Å². The molecule has 2 aromatic rings. The van der Waals surface area contributed by atoms with Crippen molar-refractivity contribution in [3.8, 4) is 5.88 Å². The maximum Gasteiger partial charge on any atom is 0.218 e. The summed E-state index contributed by atoms with van der Waals surface area (Å²) in [5.41, 5.74) is 2.14. The highest BCUT2D eigenvalue weighted by atomic mass is 127. The lowest BCUT2D eigenvalue weighted by Crippen LogP contribution is -2.39. The standard InChI is InChI=1S/C21H28N4O2.HI/c1-22-21(25-12-10-18(14-25)15-26-2)24-13-19-9-6-11-23-20(19)27-16-17-7-4-3-5-8-17;/h3-9,11,18H,10,12-16H2,1-2H3,(H,22,24);1H. The van der Waals surface area contributed by atoms with Crippen LogP contribution < -0.4 is 10.1 Å². The molecule has 7 heteroatoms. The highest BCUT2D eigenvalue weighted by Gasteiger charge is 2.24. The Morgan fingerprint density at radius 2 is 2.07 bits per heavy atom. The van der Waals surface area contributed by atoms with Gasteiger partial charge in [0.25, 0.3) is 0 Å². The zero-order valence-corrected chi connectivity index (χ0v) is 18.8. The number of hydrogen-bond acceptors (Lipinski definition) is 4. The molecule has 1 aliphatic rings. The highest BCUT2D eigenvalue weighted by Crippen LogP contribution is 2.18. The van der Waals surface area contributed by atoms with E-state index in [0.29, 0.717) is 24.9 Å². The largest absolute Gasteiger partial charge is 0.473 e. The summed E-state index contributed by atoms with van der Waals surface area (Å²) in [4.78, 5) is 11.1. The second-order valence-electron chi connectivity index (χ2n) is 6.70. The average molecular weight is 496 g/mol. The molecule has 0 amide bonds. The molecule has 2 heterocycles. The molecule has 0 aliphatic carbocycles. The Morgan fingerprint density at radius 3 is 2.82 bits per heavy atom. The first-order valence-corrected chi connectivity index (χ1v) is 9.35. The van der Waals surface area contributed by atoms with E-state index in [0.717, 1.165) is 43.2 Å². The van der Waals surface area contributed by atoms with E-state index in [4.69, 9.17) is 9.47 Å². The molecule has 0 radical (unpaired) electrons. The van der Waals surface area contributed by atoms with Crippen LogP contribution in [0.5, 0.6) is 5.88 Å². The topological polar surface area (TPSA) is 59.0 Å². The summed E-state index contributed by atoms with van der Waals surface area (Å²) in [5, 5.41) is 3.44. The zero-order valence-electron chi connectivity index (χ0n) is 16.5. The van der Waals surface area contributed by atoms with Gasteiger partial charge in [-0.2, -0.15) is 0 Å². The quantitative estimate of drug-likeness (QED) is 0.362. The summed E-state index contributed by atoms with van der Waals surface area (Å²) in [6, 6.07) is 14.1. The van der Waals surface area contributed by atoms with Gasteiger partial charge in [0.2, 0.25) is 5.88 Å². The van der Waals surface area contributed by atoms with Gasteiger partial charge in [-0.1, -0.05) is 36.4 Å². The van der Waals surface area contributed by atoms with Crippen LogP contribution in [-0.4, -0.2) is 49.7 Å². The Kier molecular flexibility index (Phi) is 9.49. The lowest BCUT2D eigenvalue weighted by Gasteiger charge is -2.22. The van der Waals surface area contributed by atoms with Gasteiger partial charge in [0.15, 0.2) is 5.96 Å². The highest BCUT2D eigenvalue weighted by molar-refractivity contribution is 14.0. The lowest BCUT2D eigenvalue weighted by molar-refractivity contribution is 0.157. The van der Waals surface area contributed by atoms with Crippen LogP contribution in [-0.2, 0) is 17.9 Å². The van der Waals surface area contributed by atoms with Gasteiger partial charge in [-0.15, -0.1) is 24.0 Å². The van der Waals surface area contributed by atoms with Crippen molar-refractivity contribution in [2.24, 2.45) is 10.9 Å². The number of halogens is 1. The number of nitrogens with one attached hydrogen (secondary N) is 1. The van der Waals surface area contributed by atoms with E-state index in [2.05, 4.69) is 20.2 Å². The third kappa shape index (κ3) is 6.34. The summed E-state index contributed by atoms with van der Waals surface area (Å²) in [6.45, 7) is 3.89. The second-order valence-corrected chi connectivity index (χ2v) is 6.70. The SMILES string of the molecule is CN=C(NCc1cccnc1OCc1ccccc1)N1CCC(COC)C1.I. The van der Waals surface area contributed by atoms with E-state index in [1.54, 1.807) is 13.3 Å². The van der Waals surface area contributed by atoms with E-state index in [1.807, 2.05) is 49.5 Å². The summed E-state index contributed by atoms with van der Waals surface area (Å²) in [6.07, 6.45) is 2.89. The summed E-state index contributed by atoms with van der Waals surface area (Å²) < 4.78 is 11.2. The number of nitrogens with zero attached hydrogens (tertiary/aromatic N) is 3. The van der Waals surface area contributed by atoms with Gasteiger partial charge in [-0.25, -0.2) is 4.98 Å². The Balaban J connectivity index is 0.00000280. The monoisotopic (exact) mass is 496 g/mol. The lowest BCUT2D eigenvalue weighted by atomic mass is 10.1. The van der Waals surface area contributed by atoms with E-state index in [9.17, 15) is 0 Å². The molecule has 6 nitrogen and oxygen atoms in total. The van der Waals surface area contributed by atoms with Crippen molar-refractivity contribution < 1.29 is 9.47 Å². The maximum atomic E-state index is 5.94. The molecular formula is C21H29IN4O2. The van der Waals surface area contributed by atoms with Gasteiger partial charge in [-0.3, -0.25) is 4.99 Å². The predicted molar refractivity (Wildman–Crippen MR) is 122 cm³/mol. The van der Waals surface area contributed by atoms with Crippen LogP contribution in [0.4, 0.5) is 0 Å². The molecule has 152 valence electrons. The minimum Gasteiger partial charge on any atom is -0.473 e. The fourth-order valence-corrected chi connectivity index (χ4v) is 3.32. The maximum absolute atomic E-state index is 5.94.